The summed E-state index contributed by atoms with van der Waals surface area (Å²) in [4.78, 5) is 22.8. The lowest BCUT2D eigenvalue weighted by Crippen LogP contribution is -2.36. The fourth-order valence-corrected chi connectivity index (χ4v) is 4.06. The van der Waals surface area contributed by atoms with Crippen LogP contribution in [0.15, 0.2) is 29.1 Å². The zero-order valence-corrected chi connectivity index (χ0v) is 14.5. The molecule has 2 N–H and O–H groups in total. The summed E-state index contributed by atoms with van der Waals surface area (Å²) in [5, 5.41) is 9.40. The molecule has 1 aromatic carbocycles. The lowest BCUT2D eigenvalue weighted by atomic mass is 9.88. The molecule has 132 valence electrons. The third-order valence-electron chi connectivity index (χ3n) is 5.50. The molecule has 0 amide bonds. The van der Waals surface area contributed by atoms with E-state index in [2.05, 4.69) is 9.88 Å². The van der Waals surface area contributed by atoms with Gasteiger partial charge in [0.15, 0.2) is 0 Å². The van der Waals surface area contributed by atoms with Crippen molar-refractivity contribution in [2.24, 2.45) is 0 Å². The van der Waals surface area contributed by atoms with Crippen LogP contribution in [0.1, 0.15) is 60.7 Å². The molecule has 1 aromatic heterocycles. The van der Waals surface area contributed by atoms with Crippen molar-refractivity contribution < 1.29 is 5.11 Å². The van der Waals surface area contributed by atoms with Gasteiger partial charge >= 0.3 is 0 Å². The molecule has 25 heavy (non-hydrogen) atoms. The van der Waals surface area contributed by atoms with Gasteiger partial charge in [0.1, 0.15) is 11.6 Å². The molecule has 0 bridgehead atoms. The minimum Gasteiger partial charge on any atom is -0.508 e. The second-order valence-electron chi connectivity index (χ2n) is 7.34. The van der Waals surface area contributed by atoms with E-state index in [4.69, 9.17) is 4.98 Å². The Hall–Kier alpha value is -2.14. The van der Waals surface area contributed by atoms with Crippen LogP contribution in [-0.4, -0.2) is 26.5 Å². The van der Waals surface area contributed by atoms with Crippen LogP contribution >= 0.6 is 0 Å². The first-order chi connectivity index (χ1) is 12.2. The number of aromatic amines is 1. The van der Waals surface area contributed by atoms with Crippen molar-refractivity contribution in [1.82, 2.24) is 14.9 Å². The molecule has 1 fully saturated rings. The molecule has 2 aromatic rings. The van der Waals surface area contributed by atoms with Crippen molar-refractivity contribution in [3.63, 3.8) is 0 Å². The van der Waals surface area contributed by atoms with Gasteiger partial charge in [-0.25, -0.2) is 4.98 Å². The van der Waals surface area contributed by atoms with Crippen molar-refractivity contribution in [2.45, 2.75) is 57.5 Å². The lowest BCUT2D eigenvalue weighted by molar-refractivity contribution is 0.241. The molecule has 0 spiro atoms. The maximum atomic E-state index is 12.6. The number of fused-ring (bicyclic) bond motifs is 1. The van der Waals surface area contributed by atoms with Crippen molar-refractivity contribution in [1.29, 1.82) is 0 Å². The maximum absolute atomic E-state index is 12.6. The second kappa shape index (κ2) is 7.00. The molecule has 5 nitrogen and oxygen atoms in total. The standard InChI is InChI=1S/C20H25N3O2/c24-16-8-6-14(7-9-16)12-23-11-10-18-17(13-23)20(25)22-19(21-18)15-4-2-1-3-5-15/h6-9,15,24H,1-5,10-13H2,(H,21,22,25). The van der Waals surface area contributed by atoms with E-state index in [1.807, 2.05) is 12.1 Å². The third-order valence-corrected chi connectivity index (χ3v) is 5.50. The number of hydrogen-bond acceptors (Lipinski definition) is 4. The monoisotopic (exact) mass is 339 g/mol. The van der Waals surface area contributed by atoms with E-state index in [0.29, 0.717) is 12.5 Å². The fraction of sp³-hybridized carbons (Fsp3) is 0.500. The van der Waals surface area contributed by atoms with Crippen LogP contribution in [0.2, 0.25) is 0 Å². The highest BCUT2D eigenvalue weighted by molar-refractivity contribution is 5.27. The second-order valence-corrected chi connectivity index (χ2v) is 7.34. The van der Waals surface area contributed by atoms with E-state index in [1.54, 1.807) is 12.1 Å². The minimum absolute atomic E-state index is 0.0426. The van der Waals surface area contributed by atoms with Crippen molar-refractivity contribution >= 4 is 0 Å². The van der Waals surface area contributed by atoms with Crippen LogP contribution in [0.3, 0.4) is 0 Å². The number of phenolic OH excluding ortho intramolecular Hbond substituents is 1. The largest absolute Gasteiger partial charge is 0.508 e. The summed E-state index contributed by atoms with van der Waals surface area (Å²) < 4.78 is 0. The summed E-state index contributed by atoms with van der Waals surface area (Å²) in [7, 11) is 0. The molecular weight excluding hydrogens is 314 g/mol. The summed E-state index contributed by atoms with van der Waals surface area (Å²) >= 11 is 0. The van der Waals surface area contributed by atoms with Gasteiger partial charge in [0, 0.05) is 32.0 Å². The average molecular weight is 339 g/mol. The van der Waals surface area contributed by atoms with Crippen LogP contribution in [-0.2, 0) is 19.5 Å². The number of phenols is 1. The Labute approximate surface area is 147 Å². The Morgan fingerprint density at radius 3 is 2.68 bits per heavy atom. The maximum Gasteiger partial charge on any atom is 0.255 e. The highest BCUT2D eigenvalue weighted by Gasteiger charge is 2.24. The lowest BCUT2D eigenvalue weighted by Gasteiger charge is -2.29. The van der Waals surface area contributed by atoms with Gasteiger partial charge in [-0.2, -0.15) is 0 Å². The quantitative estimate of drug-likeness (QED) is 0.902. The van der Waals surface area contributed by atoms with Crippen LogP contribution in [0.5, 0.6) is 5.75 Å². The van der Waals surface area contributed by atoms with Gasteiger partial charge in [-0.05, 0) is 30.5 Å². The van der Waals surface area contributed by atoms with E-state index >= 15 is 0 Å². The summed E-state index contributed by atoms with van der Waals surface area (Å²) in [6.45, 7) is 2.33. The van der Waals surface area contributed by atoms with Crippen molar-refractivity contribution in [3.05, 3.63) is 57.3 Å². The summed E-state index contributed by atoms with van der Waals surface area (Å²) in [5.74, 6) is 1.63. The number of rotatable bonds is 3. The summed E-state index contributed by atoms with van der Waals surface area (Å²) in [6.07, 6.45) is 6.91. The first kappa shape index (κ1) is 16.3. The van der Waals surface area contributed by atoms with E-state index in [-0.39, 0.29) is 11.3 Å². The van der Waals surface area contributed by atoms with E-state index in [9.17, 15) is 9.90 Å². The number of aromatic nitrogens is 2. The van der Waals surface area contributed by atoms with E-state index < -0.39 is 0 Å². The summed E-state index contributed by atoms with van der Waals surface area (Å²) in [5.41, 5.74) is 3.00. The van der Waals surface area contributed by atoms with E-state index in [1.165, 1.54) is 19.3 Å². The zero-order chi connectivity index (χ0) is 17.2. The molecule has 1 aliphatic carbocycles. The zero-order valence-electron chi connectivity index (χ0n) is 14.5. The molecule has 1 aliphatic heterocycles. The van der Waals surface area contributed by atoms with E-state index in [0.717, 1.165) is 55.0 Å². The molecule has 2 aliphatic rings. The van der Waals surface area contributed by atoms with Gasteiger partial charge in [-0.1, -0.05) is 31.4 Å². The van der Waals surface area contributed by atoms with Gasteiger partial charge in [0.25, 0.3) is 5.56 Å². The molecule has 5 heteroatoms. The number of nitrogens with one attached hydrogen (secondary N) is 1. The smallest absolute Gasteiger partial charge is 0.255 e. The van der Waals surface area contributed by atoms with Gasteiger partial charge in [0.2, 0.25) is 0 Å². The van der Waals surface area contributed by atoms with Gasteiger partial charge < -0.3 is 10.1 Å². The molecular formula is C20H25N3O2. The first-order valence-electron chi connectivity index (χ1n) is 9.31. The number of hydrogen-bond donors (Lipinski definition) is 2. The fourth-order valence-electron chi connectivity index (χ4n) is 4.06. The topological polar surface area (TPSA) is 69.2 Å². The molecule has 0 atom stereocenters. The Morgan fingerprint density at radius 1 is 1.16 bits per heavy atom. The molecule has 0 radical (unpaired) electrons. The highest BCUT2D eigenvalue weighted by atomic mass is 16.3. The molecule has 4 rings (SSSR count). The van der Waals surface area contributed by atoms with Gasteiger partial charge in [-0.15, -0.1) is 0 Å². The molecule has 2 heterocycles. The Kier molecular flexibility index (Phi) is 4.57. The molecule has 1 saturated carbocycles. The van der Waals surface area contributed by atoms with Crippen LogP contribution in [0.25, 0.3) is 0 Å². The number of H-pyrrole nitrogens is 1. The highest BCUT2D eigenvalue weighted by Crippen LogP contribution is 2.30. The number of benzene rings is 1. The number of nitrogens with zero attached hydrogens (tertiary/aromatic N) is 2. The Bertz CT molecular complexity index is 792. The van der Waals surface area contributed by atoms with Crippen molar-refractivity contribution in [2.75, 3.05) is 6.54 Å². The predicted molar refractivity (Wildman–Crippen MR) is 96.6 cm³/mol. The predicted octanol–water partition coefficient (Wildman–Crippen LogP) is 3.08. The van der Waals surface area contributed by atoms with Crippen LogP contribution < -0.4 is 5.56 Å². The van der Waals surface area contributed by atoms with Gasteiger partial charge in [0.05, 0.1) is 11.3 Å². The SMILES string of the molecule is O=c1[nH]c(C2CCCCC2)nc2c1CN(Cc1ccc(O)cc1)CC2. The van der Waals surface area contributed by atoms with Crippen LogP contribution in [0, 0.1) is 0 Å². The van der Waals surface area contributed by atoms with Crippen molar-refractivity contribution in [3.8, 4) is 5.75 Å². The minimum atomic E-state index is 0.0426. The van der Waals surface area contributed by atoms with Gasteiger partial charge in [-0.3, -0.25) is 9.69 Å². The normalized spacial score (nSPS) is 18.9. The Balaban J connectivity index is 1.51. The molecule has 0 unspecified atom stereocenters. The average Bonchev–Trinajstić information content (AvgIpc) is 2.65. The molecule has 0 saturated heterocycles. The Morgan fingerprint density at radius 2 is 1.92 bits per heavy atom. The van der Waals surface area contributed by atoms with Crippen LogP contribution in [0.4, 0.5) is 0 Å². The summed E-state index contributed by atoms with van der Waals surface area (Å²) in [6, 6.07) is 7.27. The number of aromatic hydroxyl groups is 1. The third kappa shape index (κ3) is 3.61. The first-order valence-corrected chi connectivity index (χ1v) is 9.31.